The van der Waals surface area contributed by atoms with Crippen LogP contribution in [0.3, 0.4) is 0 Å². The molecule has 1 heterocycles. The Bertz CT molecular complexity index is 777. The summed E-state index contributed by atoms with van der Waals surface area (Å²) >= 11 is 0. The summed E-state index contributed by atoms with van der Waals surface area (Å²) < 4.78 is 26.4. The van der Waals surface area contributed by atoms with Crippen LogP contribution in [-0.2, 0) is 11.3 Å². The van der Waals surface area contributed by atoms with Gasteiger partial charge in [-0.15, -0.1) is 0 Å². The van der Waals surface area contributed by atoms with Crippen LogP contribution in [0.4, 0.5) is 8.78 Å². The van der Waals surface area contributed by atoms with Gasteiger partial charge in [0.15, 0.2) is 18.2 Å². The van der Waals surface area contributed by atoms with Gasteiger partial charge in [-0.25, -0.2) is 8.78 Å². The Kier molecular flexibility index (Phi) is 7.12. The van der Waals surface area contributed by atoms with E-state index in [1.165, 1.54) is 11.6 Å². The summed E-state index contributed by atoms with van der Waals surface area (Å²) in [7, 11) is 0. The van der Waals surface area contributed by atoms with Crippen LogP contribution in [0.1, 0.15) is 36.9 Å². The molecule has 0 unspecified atom stereocenters. The molecule has 150 valence electrons. The Balaban J connectivity index is 1.38. The number of carbonyl (C=O) groups is 1. The number of nitrogens with one attached hydrogen (secondary N) is 2. The lowest BCUT2D eigenvalue weighted by molar-refractivity contribution is -0.918. The van der Waals surface area contributed by atoms with Crippen molar-refractivity contribution in [2.75, 3.05) is 19.6 Å². The molecule has 2 aromatic rings. The van der Waals surface area contributed by atoms with E-state index in [9.17, 15) is 13.6 Å². The first kappa shape index (κ1) is 20.4. The molecule has 2 aromatic carbocycles. The second kappa shape index (κ2) is 9.75. The summed E-state index contributed by atoms with van der Waals surface area (Å²) in [6, 6.07) is 14.5. The van der Waals surface area contributed by atoms with Gasteiger partial charge >= 0.3 is 0 Å². The number of benzene rings is 2. The van der Waals surface area contributed by atoms with Crippen molar-refractivity contribution < 1.29 is 23.8 Å². The predicted molar refractivity (Wildman–Crippen MR) is 104 cm³/mol. The van der Waals surface area contributed by atoms with Crippen molar-refractivity contribution >= 4 is 5.91 Å². The van der Waals surface area contributed by atoms with E-state index < -0.39 is 11.6 Å². The van der Waals surface area contributed by atoms with Gasteiger partial charge in [-0.2, -0.15) is 0 Å². The maximum absolute atomic E-state index is 13.3. The Hall–Kier alpha value is -2.31. The molecular formula is C22H29F2N3O+2. The third-order valence-electron chi connectivity index (χ3n) is 5.48. The highest BCUT2D eigenvalue weighted by Crippen LogP contribution is 2.13. The topological polar surface area (TPSA) is 50.1 Å². The van der Waals surface area contributed by atoms with Crippen LogP contribution >= 0.6 is 0 Å². The summed E-state index contributed by atoms with van der Waals surface area (Å²) in [6.45, 7) is 5.29. The molecule has 0 radical (unpaired) electrons. The summed E-state index contributed by atoms with van der Waals surface area (Å²) in [4.78, 5) is 13.8. The zero-order valence-corrected chi connectivity index (χ0v) is 16.3. The average Bonchev–Trinajstić information content (AvgIpc) is 2.70. The molecule has 1 fully saturated rings. The lowest BCUT2D eigenvalue weighted by Gasteiger charge is -2.29. The maximum atomic E-state index is 13.3. The fraction of sp³-hybridized carbons (Fsp3) is 0.409. The van der Waals surface area contributed by atoms with E-state index in [0.29, 0.717) is 5.56 Å². The van der Waals surface area contributed by atoms with Crippen LogP contribution in [0.25, 0.3) is 0 Å². The Morgan fingerprint density at radius 3 is 2.54 bits per heavy atom. The number of halogens is 2. The summed E-state index contributed by atoms with van der Waals surface area (Å²) in [5.74, 6) is -1.72. The van der Waals surface area contributed by atoms with E-state index in [1.54, 1.807) is 11.0 Å². The first-order valence-electron chi connectivity index (χ1n) is 9.96. The highest BCUT2D eigenvalue weighted by molar-refractivity contribution is 5.77. The molecule has 0 saturated carbocycles. The van der Waals surface area contributed by atoms with Gasteiger partial charge in [0.25, 0.3) is 5.91 Å². The molecule has 3 rings (SSSR count). The van der Waals surface area contributed by atoms with Crippen molar-refractivity contribution in [2.45, 2.75) is 38.4 Å². The number of piperidine rings is 1. The van der Waals surface area contributed by atoms with Crippen LogP contribution in [-0.4, -0.2) is 31.6 Å². The van der Waals surface area contributed by atoms with E-state index >= 15 is 0 Å². The van der Waals surface area contributed by atoms with E-state index in [4.69, 9.17) is 0 Å². The lowest BCUT2D eigenvalue weighted by Crippen LogP contribution is -3.12. The molecule has 4 N–H and O–H groups in total. The Morgan fingerprint density at radius 2 is 1.86 bits per heavy atom. The number of carbonyl (C=O) groups excluding carboxylic acids is 1. The van der Waals surface area contributed by atoms with E-state index in [-0.39, 0.29) is 24.5 Å². The van der Waals surface area contributed by atoms with Gasteiger partial charge in [0.2, 0.25) is 0 Å². The Labute approximate surface area is 164 Å². The van der Waals surface area contributed by atoms with Gasteiger partial charge in [-0.1, -0.05) is 30.3 Å². The van der Waals surface area contributed by atoms with E-state index in [2.05, 4.69) is 29.6 Å². The van der Waals surface area contributed by atoms with Crippen molar-refractivity contribution in [2.24, 2.45) is 0 Å². The second-order valence-electron chi connectivity index (χ2n) is 7.66. The van der Waals surface area contributed by atoms with Gasteiger partial charge in [0.05, 0.1) is 13.1 Å². The van der Waals surface area contributed by atoms with Crippen LogP contribution in [0, 0.1) is 11.6 Å². The van der Waals surface area contributed by atoms with Crippen LogP contribution < -0.4 is 15.5 Å². The molecular weight excluding hydrogens is 360 g/mol. The molecule has 4 nitrogen and oxygen atoms in total. The lowest BCUT2D eigenvalue weighted by atomic mass is 10.0. The first-order valence-corrected chi connectivity index (χ1v) is 9.96. The SMILES string of the molecule is C[C@@H]([NH2+]CC(=O)NC1CC[NH+](Cc2ccccc2)CC1)c1ccc(F)c(F)c1. The standard InChI is InChI=1S/C22H27F2N3O/c1-16(18-7-8-20(23)21(24)13-18)25-14-22(28)26-19-9-11-27(12-10-19)15-17-5-3-2-4-6-17/h2-8,13,16,19,25H,9-12,14-15H2,1H3,(H,26,28)/p+2/t16-/m1/s1. The molecule has 1 amide bonds. The van der Waals surface area contributed by atoms with Gasteiger partial charge in [0, 0.05) is 30.0 Å². The smallest absolute Gasteiger partial charge is 0.275 e. The number of nitrogens with two attached hydrogens (primary N) is 1. The van der Waals surface area contributed by atoms with Crippen molar-refractivity contribution in [3.63, 3.8) is 0 Å². The zero-order valence-electron chi connectivity index (χ0n) is 16.3. The third kappa shape index (κ3) is 5.84. The molecule has 0 bridgehead atoms. The van der Waals surface area contributed by atoms with Gasteiger partial charge in [-0.05, 0) is 25.1 Å². The molecule has 1 aliphatic rings. The summed E-state index contributed by atoms with van der Waals surface area (Å²) in [5, 5.41) is 4.96. The predicted octanol–water partition coefficient (Wildman–Crippen LogP) is 0.953. The number of hydrogen-bond donors (Lipinski definition) is 3. The van der Waals surface area contributed by atoms with Crippen LogP contribution in [0.15, 0.2) is 48.5 Å². The van der Waals surface area contributed by atoms with Crippen molar-refractivity contribution in [3.05, 3.63) is 71.3 Å². The van der Waals surface area contributed by atoms with Gasteiger partial charge in [-0.3, -0.25) is 4.79 Å². The van der Waals surface area contributed by atoms with Crippen molar-refractivity contribution in [1.29, 1.82) is 0 Å². The largest absolute Gasteiger partial charge is 0.348 e. The maximum Gasteiger partial charge on any atom is 0.275 e. The van der Waals surface area contributed by atoms with Gasteiger partial charge in [0.1, 0.15) is 12.6 Å². The highest BCUT2D eigenvalue weighted by Gasteiger charge is 2.24. The van der Waals surface area contributed by atoms with Crippen molar-refractivity contribution in [1.82, 2.24) is 5.32 Å². The molecule has 28 heavy (non-hydrogen) atoms. The third-order valence-corrected chi connectivity index (χ3v) is 5.48. The summed E-state index contributed by atoms with van der Waals surface area (Å²) in [5.41, 5.74) is 2.02. The quantitative estimate of drug-likeness (QED) is 0.649. The number of rotatable bonds is 7. The van der Waals surface area contributed by atoms with E-state index in [0.717, 1.165) is 38.5 Å². The van der Waals surface area contributed by atoms with Crippen LogP contribution in [0.5, 0.6) is 0 Å². The number of likely N-dealkylation sites (tertiary alicyclic amines) is 1. The number of amides is 1. The molecule has 1 saturated heterocycles. The van der Waals surface area contributed by atoms with Crippen molar-refractivity contribution in [3.8, 4) is 0 Å². The Morgan fingerprint density at radius 1 is 1.14 bits per heavy atom. The molecule has 1 atom stereocenters. The second-order valence-corrected chi connectivity index (χ2v) is 7.66. The monoisotopic (exact) mass is 389 g/mol. The molecule has 0 aromatic heterocycles. The molecule has 1 aliphatic heterocycles. The number of hydrogen-bond acceptors (Lipinski definition) is 1. The van der Waals surface area contributed by atoms with E-state index in [1.807, 2.05) is 18.3 Å². The molecule has 0 spiro atoms. The average molecular weight is 389 g/mol. The zero-order chi connectivity index (χ0) is 19.9. The molecule has 0 aliphatic carbocycles. The fourth-order valence-electron chi connectivity index (χ4n) is 3.73. The molecule has 6 heteroatoms. The van der Waals surface area contributed by atoms with Gasteiger partial charge < -0.3 is 15.5 Å². The minimum Gasteiger partial charge on any atom is -0.348 e. The number of quaternary nitrogens is 2. The summed E-state index contributed by atoms with van der Waals surface area (Å²) in [6.07, 6.45) is 1.96. The highest BCUT2D eigenvalue weighted by atomic mass is 19.2. The normalized spacial score (nSPS) is 20.5. The fourth-order valence-corrected chi connectivity index (χ4v) is 3.73. The first-order chi connectivity index (χ1) is 13.5. The van der Waals surface area contributed by atoms with Crippen LogP contribution in [0.2, 0.25) is 0 Å². The minimum absolute atomic E-state index is 0.00839. The minimum atomic E-state index is -0.855.